The molecule has 2 unspecified atom stereocenters. The fourth-order valence-electron chi connectivity index (χ4n) is 6.09. The lowest BCUT2D eigenvalue weighted by atomic mass is 9.92. The van der Waals surface area contributed by atoms with Crippen LogP contribution in [-0.2, 0) is 6.54 Å². The highest BCUT2D eigenvalue weighted by atomic mass is 19.2. The average Bonchev–Trinajstić information content (AvgIpc) is 3.30. The molecule has 1 saturated carbocycles. The lowest BCUT2D eigenvalue weighted by Gasteiger charge is -2.38. The number of ether oxygens (including phenoxy) is 1. The molecule has 3 aliphatic rings. The molecule has 2 bridgehead atoms. The van der Waals surface area contributed by atoms with Crippen LogP contribution in [0.3, 0.4) is 0 Å². The van der Waals surface area contributed by atoms with Crippen LogP contribution in [0.1, 0.15) is 49.4 Å². The van der Waals surface area contributed by atoms with Crippen LogP contribution in [0.15, 0.2) is 24.5 Å². The van der Waals surface area contributed by atoms with E-state index in [1.165, 1.54) is 12.4 Å². The molecule has 1 saturated heterocycles. The summed E-state index contributed by atoms with van der Waals surface area (Å²) in [4.78, 5) is 15.6. The molecule has 4 atom stereocenters. The highest BCUT2D eigenvalue weighted by Gasteiger charge is 2.43. The van der Waals surface area contributed by atoms with Crippen molar-refractivity contribution in [2.75, 3.05) is 30.4 Å². The van der Waals surface area contributed by atoms with E-state index < -0.39 is 23.4 Å². The third-order valence-corrected chi connectivity index (χ3v) is 7.86. The van der Waals surface area contributed by atoms with E-state index in [2.05, 4.69) is 20.2 Å². The topological polar surface area (TPSA) is 81.0 Å². The van der Waals surface area contributed by atoms with E-state index in [9.17, 15) is 13.2 Å². The Morgan fingerprint density at radius 2 is 1.81 bits per heavy atom. The molecule has 8 nitrogen and oxygen atoms in total. The van der Waals surface area contributed by atoms with E-state index in [1.807, 2.05) is 6.07 Å². The van der Waals surface area contributed by atoms with Crippen LogP contribution in [0.4, 0.5) is 24.9 Å². The van der Waals surface area contributed by atoms with E-state index in [1.54, 1.807) is 11.8 Å². The molecule has 4 heterocycles. The molecule has 0 spiro atoms. The highest BCUT2D eigenvalue weighted by Crippen LogP contribution is 2.40. The summed E-state index contributed by atoms with van der Waals surface area (Å²) in [5.41, 5.74) is 0.129. The molecule has 2 aliphatic heterocycles. The van der Waals surface area contributed by atoms with Crippen LogP contribution in [0.25, 0.3) is 0 Å². The molecule has 1 N–H and O–H groups in total. The number of nitrogens with zero attached hydrogens (tertiary/aromatic N) is 6. The van der Waals surface area contributed by atoms with E-state index in [0.29, 0.717) is 42.5 Å². The van der Waals surface area contributed by atoms with Crippen molar-refractivity contribution in [2.24, 2.45) is 11.8 Å². The summed E-state index contributed by atoms with van der Waals surface area (Å²) in [5.74, 6) is -0.934. The van der Waals surface area contributed by atoms with Crippen LogP contribution in [0.2, 0.25) is 0 Å². The van der Waals surface area contributed by atoms with Crippen LogP contribution in [0, 0.1) is 29.3 Å². The van der Waals surface area contributed by atoms with Gasteiger partial charge in [0, 0.05) is 43.2 Å². The van der Waals surface area contributed by atoms with Crippen molar-refractivity contribution in [1.29, 1.82) is 0 Å². The largest absolute Gasteiger partial charge is 0.481 e. The molecule has 190 valence electrons. The molecular formula is C25H28F3N7O. The number of rotatable bonds is 5. The van der Waals surface area contributed by atoms with Crippen LogP contribution in [0.5, 0.6) is 5.88 Å². The van der Waals surface area contributed by atoms with Gasteiger partial charge in [-0.15, -0.1) is 5.10 Å². The maximum atomic E-state index is 14.7. The third-order valence-electron chi connectivity index (χ3n) is 7.86. The predicted molar refractivity (Wildman–Crippen MR) is 126 cm³/mol. The molecule has 36 heavy (non-hydrogen) atoms. The van der Waals surface area contributed by atoms with Gasteiger partial charge in [-0.2, -0.15) is 4.98 Å². The summed E-state index contributed by atoms with van der Waals surface area (Å²) in [6.07, 6.45) is 6.01. The molecule has 0 amide bonds. The number of aromatic nitrogens is 5. The van der Waals surface area contributed by atoms with Gasteiger partial charge in [-0.25, -0.2) is 27.8 Å². The minimum atomic E-state index is -1.44. The zero-order valence-corrected chi connectivity index (χ0v) is 20.0. The summed E-state index contributed by atoms with van der Waals surface area (Å²) in [7, 11) is 1.59. The third kappa shape index (κ3) is 4.04. The van der Waals surface area contributed by atoms with Gasteiger partial charge in [-0.1, -0.05) is 12.5 Å². The molecule has 2 fully saturated rings. The summed E-state index contributed by atoms with van der Waals surface area (Å²) in [5, 5.41) is 8.27. The van der Waals surface area contributed by atoms with Gasteiger partial charge >= 0.3 is 0 Å². The molecule has 6 rings (SSSR count). The van der Waals surface area contributed by atoms with Gasteiger partial charge in [-0.05, 0) is 43.6 Å². The number of methoxy groups -OCH3 is 1. The van der Waals surface area contributed by atoms with Crippen molar-refractivity contribution in [3.63, 3.8) is 0 Å². The Labute approximate surface area is 206 Å². The number of anilines is 2. The molecule has 11 heteroatoms. The number of fused-ring (bicyclic) bond motifs is 3. The smallest absolute Gasteiger partial charge is 0.242 e. The highest BCUT2D eigenvalue weighted by molar-refractivity contribution is 5.43. The Balaban J connectivity index is 1.23. The summed E-state index contributed by atoms with van der Waals surface area (Å²) in [6, 6.07) is 4.39. The second-order valence-corrected chi connectivity index (χ2v) is 9.92. The van der Waals surface area contributed by atoms with E-state index in [0.717, 1.165) is 50.7 Å². The Kier molecular flexibility index (Phi) is 5.93. The SMILES string of the molecule is COc1cc(N2C[C@H]3CC[C@@H](C2)C3Nc2nc3n(n2)CCCCC3c2ccc(F)c(F)c2F)ncn1. The summed E-state index contributed by atoms with van der Waals surface area (Å²) < 4.78 is 49.3. The van der Waals surface area contributed by atoms with Gasteiger partial charge in [0.1, 0.15) is 18.0 Å². The summed E-state index contributed by atoms with van der Waals surface area (Å²) in [6.45, 7) is 2.36. The Bertz CT molecular complexity index is 1250. The van der Waals surface area contributed by atoms with E-state index >= 15 is 0 Å². The quantitative estimate of drug-likeness (QED) is 0.529. The monoisotopic (exact) mass is 499 g/mol. The second-order valence-electron chi connectivity index (χ2n) is 9.92. The van der Waals surface area contributed by atoms with Crippen molar-refractivity contribution >= 4 is 11.8 Å². The number of piperidine rings is 1. The predicted octanol–water partition coefficient (Wildman–Crippen LogP) is 4.14. The van der Waals surface area contributed by atoms with Gasteiger partial charge in [0.2, 0.25) is 11.8 Å². The molecule has 0 radical (unpaired) electrons. The standard InChI is InChI=1S/C25H28F3N7O/c1-36-20-10-19(29-13-30-20)34-11-14-5-6-15(12-34)23(14)31-25-32-24-17(4-2-3-9-35(24)33-25)16-7-8-18(26)22(28)21(16)27/h7-8,10,13-15,17,23H,2-6,9,11-12H2,1H3,(H,31,33)/t14-,15+,17?,23?. The van der Waals surface area contributed by atoms with Gasteiger partial charge in [-0.3, -0.25) is 0 Å². The lowest BCUT2D eigenvalue weighted by Crippen LogP contribution is -2.48. The Morgan fingerprint density at radius 1 is 1.00 bits per heavy atom. The maximum Gasteiger partial charge on any atom is 0.242 e. The zero-order valence-electron chi connectivity index (χ0n) is 20.0. The van der Waals surface area contributed by atoms with Crippen LogP contribution >= 0.6 is 0 Å². The van der Waals surface area contributed by atoms with Crippen LogP contribution < -0.4 is 15.0 Å². The first-order valence-corrected chi connectivity index (χ1v) is 12.5. The average molecular weight is 500 g/mol. The first-order chi connectivity index (χ1) is 17.5. The van der Waals surface area contributed by atoms with Crippen molar-refractivity contribution in [1.82, 2.24) is 24.7 Å². The van der Waals surface area contributed by atoms with E-state index in [4.69, 9.17) is 14.8 Å². The number of hydrogen-bond donors (Lipinski definition) is 1. The van der Waals surface area contributed by atoms with Gasteiger partial charge in [0.15, 0.2) is 17.5 Å². The van der Waals surface area contributed by atoms with Crippen molar-refractivity contribution in [2.45, 2.75) is 50.6 Å². The van der Waals surface area contributed by atoms with Gasteiger partial charge < -0.3 is 15.0 Å². The first-order valence-electron chi connectivity index (χ1n) is 12.5. The molecule has 1 aromatic carbocycles. The number of benzene rings is 1. The summed E-state index contributed by atoms with van der Waals surface area (Å²) >= 11 is 0. The lowest BCUT2D eigenvalue weighted by molar-refractivity contribution is 0.372. The Hall–Kier alpha value is -3.37. The van der Waals surface area contributed by atoms with E-state index in [-0.39, 0.29) is 11.6 Å². The van der Waals surface area contributed by atoms with Crippen molar-refractivity contribution < 1.29 is 17.9 Å². The minimum Gasteiger partial charge on any atom is -0.481 e. The van der Waals surface area contributed by atoms with Gasteiger partial charge in [0.25, 0.3) is 0 Å². The molecule has 3 aromatic rings. The number of aryl methyl sites for hydroxylation is 1. The number of halogens is 3. The zero-order chi connectivity index (χ0) is 24.8. The number of hydrogen-bond acceptors (Lipinski definition) is 7. The van der Waals surface area contributed by atoms with Crippen molar-refractivity contribution in [3.8, 4) is 5.88 Å². The fraction of sp³-hybridized carbons (Fsp3) is 0.520. The normalized spacial score (nSPS) is 25.4. The first kappa shape index (κ1) is 23.1. The Morgan fingerprint density at radius 3 is 2.58 bits per heavy atom. The maximum absolute atomic E-state index is 14.7. The second kappa shape index (κ2) is 9.25. The van der Waals surface area contributed by atoms with Crippen molar-refractivity contribution in [3.05, 3.63) is 53.4 Å². The van der Waals surface area contributed by atoms with Crippen LogP contribution in [-0.4, -0.2) is 51.0 Å². The fourth-order valence-corrected chi connectivity index (χ4v) is 6.09. The molecular weight excluding hydrogens is 471 g/mol. The minimum absolute atomic E-state index is 0.129. The molecule has 1 aliphatic carbocycles. The van der Waals surface area contributed by atoms with Gasteiger partial charge in [0.05, 0.1) is 7.11 Å². The number of nitrogens with one attached hydrogen (secondary N) is 1. The molecule has 2 aromatic heterocycles.